The molecule has 0 bridgehead atoms. The molecular formula is C15H26N2S. The fraction of sp³-hybridized carbons (Fsp3) is 0.800. The van der Waals surface area contributed by atoms with Crippen LogP contribution in [0.1, 0.15) is 62.0 Å². The Morgan fingerprint density at radius 2 is 1.83 bits per heavy atom. The second-order valence-electron chi connectivity index (χ2n) is 6.37. The summed E-state index contributed by atoms with van der Waals surface area (Å²) in [5.74, 6) is 0. The summed E-state index contributed by atoms with van der Waals surface area (Å²) in [6.07, 6.45) is 6.05. The minimum absolute atomic E-state index is 0.137. The van der Waals surface area contributed by atoms with Gasteiger partial charge in [-0.3, -0.25) is 0 Å². The summed E-state index contributed by atoms with van der Waals surface area (Å²) in [6, 6.07) is 0. The number of hydrogen-bond donors (Lipinski definition) is 1. The average molecular weight is 266 g/mol. The molecule has 0 radical (unpaired) electrons. The van der Waals surface area contributed by atoms with Crippen LogP contribution in [0.3, 0.4) is 0 Å². The van der Waals surface area contributed by atoms with Gasteiger partial charge in [-0.1, -0.05) is 20.8 Å². The molecule has 1 N–H and O–H groups in total. The zero-order valence-corrected chi connectivity index (χ0v) is 13.2. The predicted molar refractivity (Wildman–Crippen MR) is 79.2 cm³/mol. The van der Waals surface area contributed by atoms with Crippen molar-refractivity contribution in [3.05, 3.63) is 15.6 Å². The highest BCUT2D eigenvalue weighted by Gasteiger charge is 2.40. The van der Waals surface area contributed by atoms with Gasteiger partial charge in [-0.25, -0.2) is 4.98 Å². The first-order valence-corrected chi connectivity index (χ1v) is 7.90. The molecule has 1 aromatic heterocycles. The number of aromatic nitrogens is 1. The molecule has 1 saturated carbocycles. The Morgan fingerprint density at radius 1 is 1.22 bits per heavy atom. The first-order valence-electron chi connectivity index (χ1n) is 7.08. The van der Waals surface area contributed by atoms with E-state index in [1.54, 1.807) is 0 Å². The molecule has 0 atom stereocenters. The zero-order chi connectivity index (χ0) is 13.4. The molecule has 0 aromatic carbocycles. The van der Waals surface area contributed by atoms with Crippen molar-refractivity contribution in [2.45, 2.75) is 65.3 Å². The van der Waals surface area contributed by atoms with Gasteiger partial charge in [-0.15, -0.1) is 11.3 Å². The molecule has 1 heterocycles. The van der Waals surface area contributed by atoms with E-state index in [0.717, 1.165) is 6.42 Å². The molecule has 1 fully saturated rings. The van der Waals surface area contributed by atoms with Crippen LogP contribution in [-0.4, -0.2) is 12.0 Å². The normalized spacial score (nSPS) is 22.1. The molecule has 0 spiro atoms. The van der Waals surface area contributed by atoms with E-state index in [1.165, 1.54) is 41.3 Å². The molecule has 0 aliphatic heterocycles. The number of rotatable bonds is 3. The third kappa shape index (κ3) is 2.48. The highest BCUT2D eigenvalue weighted by Crippen LogP contribution is 2.46. The Labute approximate surface area is 115 Å². The van der Waals surface area contributed by atoms with E-state index >= 15 is 0 Å². The fourth-order valence-corrected chi connectivity index (χ4v) is 4.14. The summed E-state index contributed by atoms with van der Waals surface area (Å²) in [4.78, 5) is 6.29. The van der Waals surface area contributed by atoms with Crippen molar-refractivity contribution in [2.75, 3.05) is 7.05 Å². The Kier molecular flexibility index (Phi) is 3.84. The van der Waals surface area contributed by atoms with Gasteiger partial charge >= 0.3 is 0 Å². The Morgan fingerprint density at radius 3 is 2.28 bits per heavy atom. The standard InChI is InChI=1S/C15H26N2S/c1-6-12-11(2)18-13(17-12)15(16-5)9-7-14(3,4)8-10-15/h16H,6-10H2,1-5H3. The van der Waals surface area contributed by atoms with Crippen LogP contribution in [0.4, 0.5) is 0 Å². The van der Waals surface area contributed by atoms with E-state index in [0.29, 0.717) is 5.41 Å². The first-order chi connectivity index (χ1) is 8.42. The quantitative estimate of drug-likeness (QED) is 0.893. The molecule has 1 aliphatic carbocycles. The van der Waals surface area contributed by atoms with Gasteiger partial charge in [0.25, 0.3) is 0 Å². The van der Waals surface area contributed by atoms with Gasteiger partial charge in [0.15, 0.2) is 0 Å². The molecule has 2 rings (SSSR count). The van der Waals surface area contributed by atoms with Gasteiger partial charge in [0, 0.05) is 4.88 Å². The van der Waals surface area contributed by atoms with Crippen LogP contribution in [0, 0.1) is 12.3 Å². The summed E-state index contributed by atoms with van der Waals surface area (Å²) in [5.41, 5.74) is 1.92. The Balaban J connectivity index is 2.27. The van der Waals surface area contributed by atoms with Crippen molar-refractivity contribution in [1.29, 1.82) is 0 Å². The van der Waals surface area contributed by atoms with E-state index in [1.807, 2.05) is 11.3 Å². The van der Waals surface area contributed by atoms with Crippen molar-refractivity contribution in [3.8, 4) is 0 Å². The predicted octanol–water partition coefficient (Wildman–Crippen LogP) is 4.03. The largest absolute Gasteiger partial charge is 0.308 e. The van der Waals surface area contributed by atoms with E-state index in [-0.39, 0.29) is 5.54 Å². The maximum absolute atomic E-state index is 4.90. The minimum Gasteiger partial charge on any atom is -0.308 e. The van der Waals surface area contributed by atoms with Crippen molar-refractivity contribution in [3.63, 3.8) is 0 Å². The lowest BCUT2D eigenvalue weighted by Crippen LogP contribution is -2.44. The Bertz CT molecular complexity index is 410. The van der Waals surface area contributed by atoms with Gasteiger partial charge in [-0.2, -0.15) is 0 Å². The summed E-state index contributed by atoms with van der Waals surface area (Å²) in [5, 5.41) is 4.90. The van der Waals surface area contributed by atoms with E-state index in [9.17, 15) is 0 Å². The van der Waals surface area contributed by atoms with Gasteiger partial charge in [0.05, 0.1) is 11.2 Å². The van der Waals surface area contributed by atoms with E-state index in [4.69, 9.17) is 4.98 Å². The number of thiazole rings is 1. The number of hydrogen-bond acceptors (Lipinski definition) is 3. The van der Waals surface area contributed by atoms with Crippen molar-refractivity contribution in [1.82, 2.24) is 10.3 Å². The molecule has 1 aromatic rings. The first kappa shape index (κ1) is 14.0. The van der Waals surface area contributed by atoms with Crippen molar-refractivity contribution >= 4 is 11.3 Å². The molecule has 0 amide bonds. The molecule has 3 heteroatoms. The number of nitrogens with one attached hydrogen (secondary N) is 1. The van der Waals surface area contributed by atoms with Gasteiger partial charge in [-0.05, 0) is 51.5 Å². The molecule has 2 nitrogen and oxygen atoms in total. The molecule has 0 unspecified atom stereocenters. The van der Waals surface area contributed by atoms with Crippen LogP contribution in [0.5, 0.6) is 0 Å². The highest BCUT2D eigenvalue weighted by molar-refractivity contribution is 7.11. The van der Waals surface area contributed by atoms with Crippen LogP contribution in [0.15, 0.2) is 0 Å². The lowest BCUT2D eigenvalue weighted by molar-refractivity contribution is 0.141. The molecule has 18 heavy (non-hydrogen) atoms. The summed E-state index contributed by atoms with van der Waals surface area (Å²) in [7, 11) is 2.10. The Hall–Kier alpha value is -0.410. The van der Waals surface area contributed by atoms with E-state index in [2.05, 4.69) is 40.1 Å². The number of nitrogens with zero attached hydrogens (tertiary/aromatic N) is 1. The summed E-state index contributed by atoms with van der Waals surface area (Å²) >= 11 is 1.90. The fourth-order valence-electron chi connectivity index (χ4n) is 2.89. The molecular weight excluding hydrogens is 240 g/mol. The monoisotopic (exact) mass is 266 g/mol. The summed E-state index contributed by atoms with van der Waals surface area (Å²) < 4.78 is 0. The van der Waals surface area contributed by atoms with Crippen LogP contribution in [0.25, 0.3) is 0 Å². The SMILES string of the molecule is CCc1nc(C2(NC)CCC(C)(C)CC2)sc1C. The van der Waals surface area contributed by atoms with Crippen molar-refractivity contribution in [2.24, 2.45) is 5.41 Å². The highest BCUT2D eigenvalue weighted by atomic mass is 32.1. The second-order valence-corrected chi connectivity index (χ2v) is 7.57. The number of aryl methyl sites for hydroxylation is 2. The lowest BCUT2D eigenvalue weighted by Gasteiger charge is -2.42. The van der Waals surface area contributed by atoms with Gasteiger partial charge in [0.1, 0.15) is 5.01 Å². The lowest BCUT2D eigenvalue weighted by atomic mass is 9.69. The third-order valence-corrected chi connectivity index (χ3v) is 5.79. The zero-order valence-electron chi connectivity index (χ0n) is 12.4. The molecule has 102 valence electrons. The van der Waals surface area contributed by atoms with Crippen LogP contribution in [-0.2, 0) is 12.0 Å². The molecule has 0 saturated heterocycles. The maximum Gasteiger partial charge on any atom is 0.113 e. The van der Waals surface area contributed by atoms with Crippen LogP contribution < -0.4 is 5.32 Å². The van der Waals surface area contributed by atoms with Crippen LogP contribution >= 0.6 is 11.3 Å². The maximum atomic E-state index is 4.90. The van der Waals surface area contributed by atoms with E-state index < -0.39 is 0 Å². The van der Waals surface area contributed by atoms with Crippen molar-refractivity contribution < 1.29 is 0 Å². The van der Waals surface area contributed by atoms with Gasteiger partial charge in [0.2, 0.25) is 0 Å². The second kappa shape index (κ2) is 4.93. The minimum atomic E-state index is 0.137. The van der Waals surface area contributed by atoms with Crippen LogP contribution in [0.2, 0.25) is 0 Å². The third-order valence-electron chi connectivity index (χ3n) is 4.57. The molecule has 1 aliphatic rings. The topological polar surface area (TPSA) is 24.9 Å². The smallest absolute Gasteiger partial charge is 0.113 e. The summed E-state index contributed by atoms with van der Waals surface area (Å²) in [6.45, 7) is 9.17. The average Bonchev–Trinajstić information content (AvgIpc) is 2.72. The van der Waals surface area contributed by atoms with Gasteiger partial charge < -0.3 is 5.32 Å².